The number of methoxy groups -OCH3 is 2. The molecule has 0 saturated heterocycles. The molecular formula is C26H24N2O5. The number of benzene rings is 3. The van der Waals surface area contributed by atoms with Gasteiger partial charge in [0.2, 0.25) is 6.20 Å². The first-order chi connectivity index (χ1) is 15.9. The van der Waals surface area contributed by atoms with Crippen molar-refractivity contribution in [3.8, 4) is 11.5 Å². The third-order valence-electron chi connectivity index (χ3n) is 4.87. The van der Waals surface area contributed by atoms with Crippen molar-refractivity contribution in [2.45, 2.75) is 6.92 Å². The zero-order valence-corrected chi connectivity index (χ0v) is 18.6. The Kier molecular flexibility index (Phi) is 7.60. The van der Waals surface area contributed by atoms with Crippen LogP contribution in [0.15, 0.2) is 66.9 Å². The lowest BCUT2D eigenvalue weighted by atomic mass is 10.0. The molecule has 33 heavy (non-hydrogen) atoms. The van der Waals surface area contributed by atoms with Crippen LogP contribution in [0.5, 0.6) is 11.5 Å². The molecule has 3 rings (SSSR count). The average Bonchev–Trinajstić information content (AvgIpc) is 2.81. The lowest BCUT2D eigenvalue weighted by molar-refractivity contribution is -0.400. The van der Waals surface area contributed by atoms with Gasteiger partial charge in [-0.25, -0.2) is 0 Å². The van der Waals surface area contributed by atoms with Crippen LogP contribution in [-0.4, -0.2) is 25.1 Å². The fourth-order valence-corrected chi connectivity index (χ4v) is 3.21. The highest BCUT2D eigenvalue weighted by atomic mass is 16.6. The summed E-state index contributed by atoms with van der Waals surface area (Å²) in [4.78, 5) is 22.7. The Bertz CT molecular complexity index is 1210. The number of hydrogen-bond donors (Lipinski definition) is 1. The van der Waals surface area contributed by atoms with Gasteiger partial charge < -0.3 is 14.8 Å². The number of amides is 1. The van der Waals surface area contributed by atoms with Crippen molar-refractivity contribution in [3.63, 3.8) is 0 Å². The molecule has 168 valence electrons. The summed E-state index contributed by atoms with van der Waals surface area (Å²) in [6.45, 7) is 1.94. The van der Waals surface area contributed by atoms with E-state index in [1.54, 1.807) is 25.3 Å². The van der Waals surface area contributed by atoms with Crippen molar-refractivity contribution in [2.24, 2.45) is 0 Å². The maximum absolute atomic E-state index is 12.4. The van der Waals surface area contributed by atoms with E-state index in [1.807, 2.05) is 61.5 Å². The molecule has 1 N–H and O–H groups in total. The molecule has 0 aliphatic heterocycles. The van der Waals surface area contributed by atoms with Crippen molar-refractivity contribution < 1.29 is 19.2 Å². The van der Waals surface area contributed by atoms with Gasteiger partial charge in [0, 0.05) is 29.0 Å². The van der Waals surface area contributed by atoms with Crippen LogP contribution in [0.2, 0.25) is 0 Å². The van der Waals surface area contributed by atoms with Crippen molar-refractivity contribution in [3.05, 3.63) is 105 Å². The number of aryl methyl sites for hydroxylation is 1. The van der Waals surface area contributed by atoms with Crippen LogP contribution in [0.4, 0.5) is 5.69 Å². The van der Waals surface area contributed by atoms with E-state index in [1.165, 1.54) is 13.2 Å². The van der Waals surface area contributed by atoms with E-state index in [2.05, 4.69) is 5.32 Å². The maximum Gasteiger partial charge on any atom is 0.255 e. The SMILES string of the molecule is COc1cc(/C=C/c2ccc(NC(=O)c3cccc(C)c3)cc2)c(/C=C/[N+](=O)[O-])c(OC)c1. The molecule has 3 aromatic rings. The zero-order valence-electron chi connectivity index (χ0n) is 18.6. The number of anilines is 1. The fourth-order valence-electron chi connectivity index (χ4n) is 3.21. The number of nitro groups is 1. The number of rotatable bonds is 8. The third kappa shape index (κ3) is 6.30. The van der Waals surface area contributed by atoms with Crippen LogP contribution in [0.3, 0.4) is 0 Å². The summed E-state index contributed by atoms with van der Waals surface area (Å²) in [6.07, 6.45) is 5.95. The molecule has 0 saturated carbocycles. The molecule has 0 aliphatic rings. The number of ether oxygens (including phenoxy) is 2. The molecule has 0 bridgehead atoms. The highest BCUT2D eigenvalue weighted by Crippen LogP contribution is 2.31. The fraction of sp³-hybridized carbons (Fsp3) is 0.115. The molecular weight excluding hydrogens is 420 g/mol. The highest BCUT2D eigenvalue weighted by Gasteiger charge is 2.10. The molecule has 7 heteroatoms. The van der Waals surface area contributed by atoms with Crippen LogP contribution in [0.25, 0.3) is 18.2 Å². The Hall–Kier alpha value is -4.39. The third-order valence-corrected chi connectivity index (χ3v) is 4.87. The normalized spacial score (nSPS) is 11.0. The van der Waals surface area contributed by atoms with Gasteiger partial charge in [-0.05, 0) is 48.4 Å². The minimum atomic E-state index is -0.527. The summed E-state index contributed by atoms with van der Waals surface area (Å²) < 4.78 is 10.7. The number of carbonyl (C=O) groups excluding carboxylic acids is 1. The van der Waals surface area contributed by atoms with Gasteiger partial charge in [0.25, 0.3) is 5.91 Å². The smallest absolute Gasteiger partial charge is 0.255 e. The summed E-state index contributed by atoms with van der Waals surface area (Å²) in [5, 5.41) is 13.7. The van der Waals surface area contributed by atoms with Crippen molar-refractivity contribution in [1.82, 2.24) is 0 Å². The van der Waals surface area contributed by atoms with E-state index in [4.69, 9.17) is 9.47 Å². The van der Waals surface area contributed by atoms with Crippen molar-refractivity contribution in [2.75, 3.05) is 19.5 Å². The van der Waals surface area contributed by atoms with Crippen LogP contribution in [0, 0.1) is 17.0 Å². The minimum absolute atomic E-state index is 0.173. The van der Waals surface area contributed by atoms with Gasteiger partial charge in [-0.1, -0.05) is 42.0 Å². The number of nitrogens with one attached hydrogen (secondary N) is 1. The molecule has 0 spiro atoms. The van der Waals surface area contributed by atoms with E-state index in [-0.39, 0.29) is 5.91 Å². The van der Waals surface area contributed by atoms with Gasteiger partial charge in [-0.3, -0.25) is 14.9 Å². The van der Waals surface area contributed by atoms with Crippen LogP contribution < -0.4 is 14.8 Å². The maximum atomic E-state index is 12.4. The molecule has 0 aliphatic carbocycles. The van der Waals surface area contributed by atoms with Crippen molar-refractivity contribution >= 4 is 29.8 Å². The summed E-state index contributed by atoms with van der Waals surface area (Å²) in [5.41, 5.74) is 4.44. The summed E-state index contributed by atoms with van der Waals surface area (Å²) in [7, 11) is 3.04. The second kappa shape index (κ2) is 10.8. The average molecular weight is 444 g/mol. The lowest BCUT2D eigenvalue weighted by Crippen LogP contribution is -2.11. The summed E-state index contributed by atoms with van der Waals surface area (Å²) in [6, 6.07) is 18.2. The van der Waals surface area contributed by atoms with Gasteiger partial charge in [0.05, 0.1) is 19.1 Å². The molecule has 0 heterocycles. The molecule has 7 nitrogen and oxygen atoms in total. The summed E-state index contributed by atoms with van der Waals surface area (Å²) in [5.74, 6) is 0.855. The highest BCUT2D eigenvalue weighted by molar-refractivity contribution is 6.04. The lowest BCUT2D eigenvalue weighted by Gasteiger charge is -2.11. The van der Waals surface area contributed by atoms with Crippen molar-refractivity contribution in [1.29, 1.82) is 0 Å². The van der Waals surface area contributed by atoms with E-state index in [0.717, 1.165) is 17.3 Å². The number of nitrogens with zero attached hydrogens (tertiary/aromatic N) is 1. The Morgan fingerprint density at radius 3 is 2.36 bits per heavy atom. The number of hydrogen-bond acceptors (Lipinski definition) is 5. The largest absolute Gasteiger partial charge is 0.497 e. The van der Waals surface area contributed by atoms with Crippen LogP contribution in [-0.2, 0) is 0 Å². The van der Waals surface area contributed by atoms with Gasteiger partial charge in [0.1, 0.15) is 11.5 Å². The van der Waals surface area contributed by atoms with Gasteiger partial charge in [-0.2, -0.15) is 0 Å². The predicted molar refractivity (Wildman–Crippen MR) is 130 cm³/mol. The summed E-state index contributed by atoms with van der Waals surface area (Å²) >= 11 is 0. The molecule has 1 amide bonds. The first kappa shape index (κ1) is 23.3. The Balaban J connectivity index is 1.82. The van der Waals surface area contributed by atoms with E-state index >= 15 is 0 Å². The first-order valence-electron chi connectivity index (χ1n) is 10.1. The topological polar surface area (TPSA) is 90.7 Å². The Labute approximate surface area is 192 Å². The van der Waals surface area contributed by atoms with Crippen LogP contribution in [0.1, 0.15) is 32.6 Å². The molecule has 0 fully saturated rings. The zero-order chi connectivity index (χ0) is 23.8. The standard InChI is InChI=1S/C26H24N2O5/c1-18-5-4-6-21(15-18)26(29)27-22-11-8-19(9-12-22)7-10-20-16-23(32-2)17-25(33-3)24(20)13-14-28(30)31/h4-17H,1-3H3,(H,27,29)/b10-7+,14-13+. The van der Waals surface area contributed by atoms with E-state index in [9.17, 15) is 14.9 Å². The van der Waals surface area contributed by atoms with E-state index < -0.39 is 4.92 Å². The number of carbonyl (C=O) groups is 1. The van der Waals surface area contributed by atoms with Crippen LogP contribution >= 0.6 is 0 Å². The molecule has 3 aromatic carbocycles. The first-order valence-corrected chi connectivity index (χ1v) is 10.1. The molecule has 0 unspecified atom stereocenters. The second-order valence-electron chi connectivity index (χ2n) is 7.21. The second-order valence-corrected chi connectivity index (χ2v) is 7.21. The molecule has 0 aromatic heterocycles. The molecule has 0 radical (unpaired) electrons. The monoisotopic (exact) mass is 444 g/mol. The van der Waals surface area contributed by atoms with Gasteiger partial charge in [-0.15, -0.1) is 0 Å². The van der Waals surface area contributed by atoms with Gasteiger partial charge in [0.15, 0.2) is 0 Å². The van der Waals surface area contributed by atoms with Gasteiger partial charge >= 0.3 is 0 Å². The minimum Gasteiger partial charge on any atom is -0.497 e. The Morgan fingerprint density at radius 1 is 0.970 bits per heavy atom. The quantitative estimate of drug-likeness (QED) is 0.274. The predicted octanol–water partition coefficient (Wildman–Crippen LogP) is 5.68. The molecule has 0 atom stereocenters. The van der Waals surface area contributed by atoms with E-state index in [0.29, 0.717) is 33.9 Å². The Morgan fingerprint density at radius 2 is 1.73 bits per heavy atom.